The fraction of sp³-hybridized carbons (Fsp3) is 0.480. The lowest BCUT2D eigenvalue weighted by molar-refractivity contribution is -0.140. The van der Waals surface area contributed by atoms with E-state index in [0.717, 1.165) is 36.1 Å². The number of rotatable bonds is 11. The molecule has 0 aliphatic rings. The topological polar surface area (TPSA) is 84.2 Å². The Balaban J connectivity index is 1.97. The van der Waals surface area contributed by atoms with Gasteiger partial charge in [-0.25, -0.2) is 9.78 Å². The van der Waals surface area contributed by atoms with Crippen molar-refractivity contribution >= 4 is 34.2 Å². The van der Waals surface area contributed by atoms with Gasteiger partial charge in [-0.2, -0.15) is 0 Å². The Morgan fingerprint density at radius 1 is 1.09 bits per heavy atom. The van der Waals surface area contributed by atoms with E-state index in [1.54, 1.807) is 23.5 Å². The van der Waals surface area contributed by atoms with E-state index >= 15 is 0 Å². The van der Waals surface area contributed by atoms with Gasteiger partial charge in [-0.15, -0.1) is 11.3 Å². The predicted molar refractivity (Wildman–Crippen MR) is 129 cm³/mol. The molecule has 0 spiro atoms. The number of hydrogen-bond donors (Lipinski definition) is 2. The average molecular weight is 456 g/mol. The van der Waals surface area contributed by atoms with Gasteiger partial charge in [0.25, 0.3) is 5.91 Å². The number of fused-ring (bicyclic) bond motifs is 1. The Kier molecular flexibility index (Phi) is 8.07. The first-order chi connectivity index (χ1) is 15.4. The molecule has 2 N–H and O–H groups in total. The molecule has 1 amide bonds. The monoisotopic (exact) mass is 455 g/mol. The highest BCUT2D eigenvalue weighted by molar-refractivity contribution is 7.09. The zero-order valence-corrected chi connectivity index (χ0v) is 20.1. The predicted octanol–water partition coefficient (Wildman–Crippen LogP) is 5.67. The standard InChI is InChI=1S/C25H33N3O3S/c1-5-16(6-2)23(25(30)31)27-24(29)17-11-12-21-20(14-17)26-22(15-19-10-9-13-32-19)28(21)18(7-3)8-4/h9-14,16,18,23H,5-8,15H2,1-4H3,(H,27,29)(H,30,31). The number of carboxylic acids is 1. The van der Waals surface area contributed by atoms with Gasteiger partial charge in [-0.1, -0.05) is 46.6 Å². The van der Waals surface area contributed by atoms with Crippen molar-refractivity contribution in [2.24, 2.45) is 5.92 Å². The molecule has 6 nitrogen and oxygen atoms in total. The van der Waals surface area contributed by atoms with Gasteiger partial charge in [-0.3, -0.25) is 4.79 Å². The highest BCUT2D eigenvalue weighted by Gasteiger charge is 2.28. The number of nitrogens with one attached hydrogen (secondary N) is 1. The smallest absolute Gasteiger partial charge is 0.326 e. The summed E-state index contributed by atoms with van der Waals surface area (Å²) in [7, 11) is 0. The lowest BCUT2D eigenvalue weighted by atomic mass is 9.94. The number of benzene rings is 1. The quantitative estimate of drug-likeness (QED) is 0.390. The Bertz CT molecular complexity index is 1050. The molecule has 0 aliphatic carbocycles. The van der Waals surface area contributed by atoms with Crippen LogP contribution in [-0.4, -0.2) is 32.6 Å². The first kappa shape index (κ1) is 24.0. The Morgan fingerprint density at radius 2 is 1.81 bits per heavy atom. The largest absolute Gasteiger partial charge is 0.480 e. The van der Waals surface area contributed by atoms with Crippen LogP contribution in [0.25, 0.3) is 11.0 Å². The van der Waals surface area contributed by atoms with Gasteiger partial charge < -0.3 is 15.0 Å². The number of thiophene rings is 1. The van der Waals surface area contributed by atoms with Crippen molar-refractivity contribution in [3.05, 3.63) is 52.0 Å². The highest BCUT2D eigenvalue weighted by Crippen LogP contribution is 2.28. The maximum atomic E-state index is 12.9. The van der Waals surface area contributed by atoms with E-state index in [2.05, 4.69) is 35.2 Å². The summed E-state index contributed by atoms with van der Waals surface area (Å²) in [5.74, 6) is -0.478. The summed E-state index contributed by atoms with van der Waals surface area (Å²) < 4.78 is 2.31. The minimum atomic E-state index is -0.996. The molecule has 2 heterocycles. The lowest BCUT2D eigenvalue weighted by Gasteiger charge is -2.22. The van der Waals surface area contributed by atoms with Crippen LogP contribution in [0.4, 0.5) is 0 Å². The van der Waals surface area contributed by atoms with Gasteiger partial charge in [0, 0.05) is 22.9 Å². The first-order valence-electron chi connectivity index (χ1n) is 11.5. The van der Waals surface area contributed by atoms with Crippen molar-refractivity contribution in [2.75, 3.05) is 0 Å². The number of carboxylic acid groups (broad SMARTS) is 1. The van der Waals surface area contributed by atoms with E-state index in [0.29, 0.717) is 24.4 Å². The third-order valence-electron chi connectivity index (χ3n) is 6.32. The van der Waals surface area contributed by atoms with Crippen LogP contribution in [-0.2, 0) is 11.2 Å². The molecule has 2 aromatic heterocycles. The molecular weight excluding hydrogens is 422 g/mol. The van der Waals surface area contributed by atoms with Crippen LogP contribution in [0, 0.1) is 5.92 Å². The summed E-state index contributed by atoms with van der Waals surface area (Å²) in [6.45, 7) is 8.26. The Labute approximate surface area is 193 Å². The van der Waals surface area contributed by atoms with Crippen LogP contribution in [0.15, 0.2) is 35.7 Å². The van der Waals surface area contributed by atoms with Crippen LogP contribution < -0.4 is 5.32 Å². The van der Waals surface area contributed by atoms with Crippen LogP contribution in [0.5, 0.6) is 0 Å². The maximum absolute atomic E-state index is 12.9. The number of amides is 1. The molecule has 7 heteroatoms. The summed E-state index contributed by atoms with van der Waals surface area (Å²) in [4.78, 5) is 30.8. The minimum absolute atomic E-state index is 0.105. The molecule has 0 saturated heterocycles. The van der Waals surface area contributed by atoms with Crippen LogP contribution in [0.3, 0.4) is 0 Å². The second kappa shape index (κ2) is 10.8. The van der Waals surface area contributed by atoms with Crippen molar-refractivity contribution < 1.29 is 14.7 Å². The molecular formula is C25H33N3O3S. The average Bonchev–Trinajstić information content (AvgIpc) is 3.42. The molecule has 1 atom stereocenters. The molecule has 0 fully saturated rings. The van der Waals surface area contributed by atoms with E-state index in [4.69, 9.17) is 4.98 Å². The van der Waals surface area contributed by atoms with Gasteiger partial charge >= 0.3 is 5.97 Å². The van der Waals surface area contributed by atoms with Crippen molar-refractivity contribution in [2.45, 2.75) is 71.9 Å². The van der Waals surface area contributed by atoms with E-state index in [1.165, 1.54) is 4.88 Å². The number of imidazole rings is 1. The number of carbonyl (C=O) groups excluding carboxylic acids is 1. The van der Waals surface area contributed by atoms with E-state index < -0.39 is 12.0 Å². The van der Waals surface area contributed by atoms with Gasteiger partial charge in [0.1, 0.15) is 11.9 Å². The number of aliphatic carboxylic acids is 1. The highest BCUT2D eigenvalue weighted by atomic mass is 32.1. The third-order valence-corrected chi connectivity index (χ3v) is 7.19. The summed E-state index contributed by atoms with van der Waals surface area (Å²) in [5, 5.41) is 14.4. The van der Waals surface area contributed by atoms with Crippen molar-refractivity contribution in [3.63, 3.8) is 0 Å². The summed E-state index contributed by atoms with van der Waals surface area (Å²) >= 11 is 1.71. The molecule has 32 heavy (non-hydrogen) atoms. The number of hydrogen-bond acceptors (Lipinski definition) is 4. The van der Waals surface area contributed by atoms with E-state index in [9.17, 15) is 14.7 Å². The second-order valence-corrected chi connectivity index (χ2v) is 9.23. The molecule has 0 aliphatic heterocycles. The fourth-order valence-electron chi connectivity index (χ4n) is 4.41. The number of carbonyl (C=O) groups is 2. The summed E-state index contributed by atoms with van der Waals surface area (Å²) in [6.07, 6.45) is 4.13. The number of nitrogens with zero attached hydrogens (tertiary/aromatic N) is 2. The second-order valence-electron chi connectivity index (χ2n) is 8.19. The van der Waals surface area contributed by atoms with Gasteiger partial charge in [0.2, 0.25) is 0 Å². The lowest BCUT2D eigenvalue weighted by Crippen LogP contribution is -2.45. The number of aromatic nitrogens is 2. The Hall–Kier alpha value is -2.67. The van der Waals surface area contributed by atoms with Crippen molar-refractivity contribution in [1.29, 1.82) is 0 Å². The zero-order valence-electron chi connectivity index (χ0n) is 19.3. The fourth-order valence-corrected chi connectivity index (χ4v) is 5.11. The van der Waals surface area contributed by atoms with Gasteiger partial charge in [0.05, 0.1) is 11.0 Å². The van der Waals surface area contributed by atoms with Gasteiger partial charge in [-0.05, 0) is 48.4 Å². The zero-order chi connectivity index (χ0) is 23.3. The van der Waals surface area contributed by atoms with Crippen LogP contribution in [0.2, 0.25) is 0 Å². The van der Waals surface area contributed by atoms with Crippen LogP contribution in [0.1, 0.15) is 80.5 Å². The maximum Gasteiger partial charge on any atom is 0.326 e. The minimum Gasteiger partial charge on any atom is -0.480 e. The summed E-state index contributed by atoms with van der Waals surface area (Å²) in [6, 6.07) is 9.10. The molecule has 172 valence electrons. The van der Waals surface area contributed by atoms with E-state index in [1.807, 2.05) is 26.0 Å². The Morgan fingerprint density at radius 3 is 2.38 bits per heavy atom. The van der Waals surface area contributed by atoms with Gasteiger partial charge in [0.15, 0.2) is 0 Å². The first-order valence-corrected chi connectivity index (χ1v) is 12.4. The normalized spacial score (nSPS) is 12.6. The van der Waals surface area contributed by atoms with Crippen molar-refractivity contribution in [1.82, 2.24) is 14.9 Å². The van der Waals surface area contributed by atoms with E-state index in [-0.39, 0.29) is 11.8 Å². The SMILES string of the molecule is CCC(CC)C(NC(=O)c1ccc2c(c1)nc(Cc1cccs1)n2C(CC)CC)C(=O)O. The molecule has 3 aromatic rings. The molecule has 0 saturated carbocycles. The van der Waals surface area contributed by atoms with Crippen LogP contribution >= 0.6 is 11.3 Å². The summed E-state index contributed by atoms with van der Waals surface area (Å²) in [5.41, 5.74) is 2.22. The molecule has 1 unspecified atom stereocenters. The molecule has 3 rings (SSSR count). The third kappa shape index (κ3) is 5.04. The molecule has 0 bridgehead atoms. The van der Waals surface area contributed by atoms with Crippen molar-refractivity contribution in [3.8, 4) is 0 Å². The molecule has 0 radical (unpaired) electrons. The molecule has 1 aromatic carbocycles.